The number of amides is 2. The lowest BCUT2D eigenvalue weighted by atomic mass is 9.64. The van der Waals surface area contributed by atoms with E-state index in [1.807, 2.05) is 4.90 Å². The lowest BCUT2D eigenvalue weighted by Gasteiger charge is -2.53. The molecule has 0 bridgehead atoms. The molecule has 0 spiro atoms. The summed E-state index contributed by atoms with van der Waals surface area (Å²) in [6, 6.07) is 4.51. The molecule has 4 nitrogen and oxygen atoms in total. The summed E-state index contributed by atoms with van der Waals surface area (Å²) >= 11 is 0. The summed E-state index contributed by atoms with van der Waals surface area (Å²) in [5.74, 6) is 0. The smallest absolute Gasteiger partial charge is 0.322 e. The second kappa shape index (κ2) is 6.01. The number of benzene rings is 1. The number of carbonyl (C=O) groups is 1. The van der Waals surface area contributed by atoms with Crippen LogP contribution in [-0.2, 0) is 11.2 Å². The van der Waals surface area contributed by atoms with Crippen molar-refractivity contribution in [2.24, 2.45) is 5.41 Å². The predicted molar refractivity (Wildman–Crippen MR) is 102 cm³/mol. The lowest BCUT2D eigenvalue weighted by molar-refractivity contribution is -0.170. The lowest BCUT2D eigenvalue weighted by Crippen LogP contribution is -2.64. The molecular weight excluding hydrogens is 312 g/mol. The molecule has 25 heavy (non-hydrogen) atoms. The number of anilines is 1. The van der Waals surface area contributed by atoms with Crippen molar-refractivity contribution in [2.45, 2.75) is 79.1 Å². The van der Waals surface area contributed by atoms with Gasteiger partial charge in [0.1, 0.15) is 0 Å². The summed E-state index contributed by atoms with van der Waals surface area (Å²) in [4.78, 5) is 14.8. The summed E-state index contributed by atoms with van der Waals surface area (Å²) in [6.07, 6.45) is 2.01. The van der Waals surface area contributed by atoms with Gasteiger partial charge in [0.05, 0.1) is 11.7 Å². The minimum atomic E-state index is -0.153. The highest BCUT2D eigenvalue weighted by Crippen LogP contribution is 2.44. The Hall–Kier alpha value is -1.55. The molecule has 2 amide bonds. The highest BCUT2D eigenvalue weighted by Gasteiger charge is 2.51. The van der Waals surface area contributed by atoms with Crippen LogP contribution in [0, 0.1) is 19.3 Å². The van der Waals surface area contributed by atoms with Gasteiger partial charge in [-0.3, -0.25) is 4.90 Å². The van der Waals surface area contributed by atoms with E-state index in [1.165, 1.54) is 16.7 Å². The molecule has 138 valence electrons. The zero-order chi connectivity index (χ0) is 18.6. The number of nitrogens with one attached hydrogen (secondary N) is 1. The molecule has 0 radical (unpaired) electrons. The first kappa shape index (κ1) is 18.2. The fourth-order valence-corrected chi connectivity index (χ4v) is 4.08. The molecule has 0 aromatic heterocycles. The van der Waals surface area contributed by atoms with Gasteiger partial charge in [-0.05, 0) is 70.2 Å². The standard InChI is InChI=1S/C21H32N2O2/c1-13-10-14(2)15-8-9-23(16(15)11-13)19(24)22-17-12-18(21(17,6)7)25-20(3,4)5/h10-11,17-18H,8-9,12H2,1-7H3,(H,22,24). The first-order valence-electron chi connectivity index (χ1n) is 9.35. The van der Waals surface area contributed by atoms with Crippen molar-refractivity contribution in [3.63, 3.8) is 0 Å². The molecule has 1 aromatic carbocycles. The summed E-state index contributed by atoms with van der Waals surface area (Å²) in [5.41, 5.74) is 4.68. The fraction of sp³-hybridized carbons (Fsp3) is 0.667. The Morgan fingerprint density at radius 2 is 1.96 bits per heavy atom. The molecule has 1 aliphatic heterocycles. The van der Waals surface area contributed by atoms with Gasteiger partial charge in [-0.25, -0.2) is 4.79 Å². The third kappa shape index (κ3) is 3.41. The van der Waals surface area contributed by atoms with Crippen molar-refractivity contribution in [1.29, 1.82) is 0 Å². The molecule has 1 saturated carbocycles. The normalized spacial score (nSPS) is 24.7. The van der Waals surface area contributed by atoms with E-state index >= 15 is 0 Å². The average Bonchev–Trinajstić information content (AvgIpc) is 2.88. The van der Waals surface area contributed by atoms with Crippen LogP contribution in [0.25, 0.3) is 0 Å². The Labute approximate surface area is 151 Å². The van der Waals surface area contributed by atoms with Gasteiger partial charge in [0.15, 0.2) is 0 Å². The van der Waals surface area contributed by atoms with Crippen molar-refractivity contribution >= 4 is 11.7 Å². The number of nitrogens with zero attached hydrogens (tertiary/aromatic N) is 1. The largest absolute Gasteiger partial charge is 0.372 e. The van der Waals surface area contributed by atoms with Crippen LogP contribution >= 0.6 is 0 Å². The minimum Gasteiger partial charge on any atom is -0.372 e. The molecule has 2 unspecified atom stereocenters. The van der Waals surface area contributed by atoms with E-state index < -0.39 is 0 Å². The zero-order valence-corrected chi connectivity index (χ0v) is 16.7. The van der Waals surface area contributed by atoms with Crippen molar-refractivity contribution in [3.8, 4) is 0 Å². The highest BCUT2D eigenvalue weighted by atomic mass is 16.5. The molecule has 2 atom stereocenters. The fourth-order valence-electron chi connectivity index (χ4n) is 4.08. The van der Waals surface area contributed by atoms with Crippen molar-refractivity contribution in [2.75, 3.05) is 11.4 Å². The summed E-state index contributed by atoms with van der Waals surface area (Å²) < 4.78 is 6.15. The van der Waals surface area contributed by atoms with Gasteiger partial charge >= 0.3 is 6.03 Å². The van der Waals surface area contributed by atoms with Crippen molar-refractivity contribution in [1.82, 2.24) is 5.32 Å². The Balaban J connectivity index is 1.68. The maximum absolute atomic E-state index is 12.9. The molecule has 1 heterocycles. The van der Waals surface area contributed by atoms with Crippen molar-refractivity contribution < 1.29 is 9.53 Å². The van der Waals surface area contributed by atoms with E-state index in [4.69, 9.17) is 4.74 Å². The van der Waals surface area contributed by atoms with E-state index in [1.54, 1.807) is 0 Å². The molecular formula is C21H32N2O2. The number of aryl methyl sites for hydroxylation is 2. The van der Waals surface area contributed by atoms with Crippen LogP contribution in [0.2, 0.25) is 0 Å². The number of ether oxygens (including phenoxy) is 1. The van der Waals surface area contributed by atoms with E-state index in [-0.39, 0.29) is 29.2 Å². The Kier molecular flexibility index (Phi) is 4.39. The SMILES string of the molecule is Cc1cc(C)c2c(c1)N(C(=O)NC1CC(OC(C)(C)C)C1(C)C)CC2. The van der Waals surface area contributed by atoms with E-state index in [2.05, 4.69) is 65.9 Å². The second-order valence-corrected chi connectivity index (χ2v) is 9.26. The van der Waals surface area contributed by atoms with Gasteiger partial charge in [-0.1, -0.05) is 19.9 Å². The maximum Gasteiger partial charge on any atom is 0.322 e. The van der Waals surface area contributed by atoms with Gasteiger partial charge in [-0.2, -0.15) is 0 Å². The number of carbonyl (C=O) groups excluding carboxylic acids is 1. The monoisotopic (exact) mass is 344 g/mol. The summed E-state index contributed by atoms with van der Waals surface area (Å²) in [5, 5.41) is 3.25. The van der Waals surface area contributed by atoms with Crippen LogP contribution in [0.5, 0.6) is 0 Å². The van der Waals surface area contributed by atoms with Gasteiger partial charge in [-0.15, -0.1) is 0 Å². The zero-order valence-electron chi connectivity index (χ0n) is 16.7. The number of urea groups is 1. The van der Waals surface area contributed by atoms with Gasteiger partial charge < -0.3 is 10.1 Å². The number of hydrogen-bond donors (Lipinski definition) is 1. The van der Waals surface area contributed by atoms with Crippen LogP contribution in [0.4, 0.5) is 10.5 Å². The molecule has 3 rings (SSSR count). The van der Waals surface area contributed by atoms with Gasteiger partial charge in [0.2, 0.25) is 0 Å². The van der Waals surface area contributed by atoms with E-state index in [9.17, 15) is 4.79 Å². The van der Waals surface area contributed by atoms with Crippen LogP contribution in [-0.4, -0.2) is 30.3 Å². The molecule has 1 aliphatic carbocycles. The minimum absolute atomic E-state index is 0.0241. The maximum atomic E-state index is 12.9. The molecule has 0 saturated heterocycles. The highest BCUT2D eigenvalue weighted by molar-refractivity contribution is 5.95. The van der Waals surface area contributed by atoms with Gasteiger partial charge in [0, 0.05) is 23.7 Å². The van der Waals surface area contributed by atoms with Crippen molar-refractivity contribution in [3.05, 3.63) is 28.8 Å². The molecule has 1 fully saturated rings. The van der Waals surface area contributed by atoms with Gasteiger partial charge in [0.25, 0.3) is 0 Å². The van der Waals surface area contributed by atoms with Crippen LogP contribution < -0.4 is 10.2 Å². The van der Waals surface area contributed by atoms with E-state index in [0.717, 1.165) is 25.1 Å². The Morgan fingerprint density at radius 3 is 2.56 bits per heavy atom. The summed E-state index contributed by atoms with van der Waals surface area (Å²) in [7, 11) is 0. The van der Waals surface area contributed by atoms with Crippen LogP contribution in [0.3, 0.4) is 0 Å². The third-order valence-electron chi connectivity index (χ3n) is 5.69. The number of hydrogen-bond acceptors (Lipinski definition) is 2. The predicted octanol–water partition coefficient (Wildman–Crippen LogP) is 4.36. The first-order valence-corrected chi connectivity index (χ1v) is 9.35. The number of rotatable bonds is 2. The second-order valence-electron chi connectivity index (χ2n) is 9.26. The molecule has 2 aliphatic rings. The quantitative estimate of drug-likeness (QED) is 0.866. The number of fused-ring (bicyclic) bond motifs is 1. The topological polar surface area (TPSA) is 41.6 Å². The third-order valence-corrected chi connectivity index (χ3v) is 5.69. The summed E-state index contributed by atoms with van der Waals surface area (Å²) in [6.45, 7) is 15.6. The average molecular weight is 344 g/mol. The molecule has 1 aromatic rings. The molecule has 4 heteroatoms. The Morgan fingerprint density at radius 1 is 1.28 bits per heavy atom. The first-order chi connectivity index (χ1) is 11.5. The van der Waals surface area contributed by atoms with Crippen LogP contribution in [0.15, 0.2) is 12.1 Å². The molecule has 1 N–H and O–H groups in total. The van der Waals surface area contributed by atoms with Crippen LogP contribution in [0.1, 0.15) is 57.7 Å². The van der Waals surface area contributed by atoms with E-state index in [0.29, 0.717) is 0 Å². The Bertz CT molecular complexity index is 688.